The summed E-state index contributed by atoms with van der Waals surface area (Å²) in [4.78, 5) is 24.7. The highest BCUT2D eigenvalue weighted by molar-refractivity contribution is 6.02. The molecule has 4 nitrogen and oxygen atoms in total. The molecule has 0 atom stereocenters. The second kappa shape index (κ2) is 7.30. The van der Waals surface area contributed by atoms with Gasteiger partial charge in [-0.3, -0.25) is 4.79 Å². The van der Waals surface area contributed by atoms with Gasteiger partial charge in [0.15, 0.2) is 6.61 Å². The number of methoxy groups -OCH3 is 1. The summed E-state index contributed by atoms with van der Waals surface area (Å²) in [5.41, 5.74) is 5.00. The maximum Gasteiger partial charge on any atom is 0.342 e. The zero-order valence-electron chi connectivity index (χ0n) is 14.7. The Morgan fingerprint density at radius 2 is 1.62 bits per heavy atom. The summed E-state index contributed by atoms with van der Waals surface area (Å²) >= 11 is 0. The Labute approximate surface area is 142 Å². The van der Waals surface area contributed by atoms with Crippen molar-refractivity contribution in [1.29, 1.82) is 0 Å². The molecule has 0 aliphatic heterocycles. The lowest BCUT2D eigenvalue weighted by molar-refractivity contribution is 0.0471. The van der Waals surface area contributed by atoms with Crippen LogP contribution in [0.25, 0.3) is 0 Å². The van der Waals surface area contributed by atoms with Gasteiger partial charge in [0.25, 0.3) is 0 Å². The molecule has 0 heterocycles. The summed E-state index contributed by atoms with van der Waals surface area (Å²) < 4.78 is 10.3. The van der Waals surface area contributed by atoms with E-state index in [4.69, 9.17) is 9.47 Å². The van der Waals surface area contributed by atoms with E-state index < -0.39 is 5.97 Å². The molecule has 0 spiro atoms. The number of Topliss-reactive ketones (excluding diaryl/α,β-unsaturated/α-hetero) is 1. The fraction of sp³-hybridized carbons (Fsp3) is 0.300. The van der Waals surface area contributed by atoms with Crippen molar-refractivity contribution in [2.75, 3.05) is 13.7 Å². The molecular formula is C20H22O4. The first-order valence-corrected chi connectivity index (χ1v) is 7.77. The molecular weight excluding hydrogens is 304 g/mol. The summed E-state index contributed by atoms with van der Waals surface area (Å²) in [6.07, 6.45) is 0. The van der Waals surface area contributed by atoms with Gasteiger partial charge in [0.1, 0.15) is 11.3 Å². The molecule has 0 radical (unpaired) electrons. The van der Waals surface area contributed by atoms with Crippen molar-refractivity contribution in [3.63, 3.8) is 0 Å². The van der Waals surface area contributed by atoms with Crippen LogP contribution < -0.4 is 4.74 Å². The van der Waals surface area contributed by atoms with Crippen LogP contribution in [0.5, 0.6) is 5.75 Å². The number of ketones is 1. The van der Waals surface area contributed by atoms with Crippen LogP contribution in [0.1, 0.15) is 43.0 Å². The van der Waals surface area contributed by atoms with Gasteiger partial charge in [-0.25, -0.2) is 4.79 Å². The number of esters is 1. The smallest absolute Gasteiger partial charge is 0.342 e. The number of carbonyl (C=O) groups excluding carboxylic acids is 2. The van der Waals surface area contributed by atoms with Crippen molar-refractivity contribution in [2.24, 2.45) is 0 Å². The lowest BCUT2D eigenvalue weighted by Gasteiger charge is -2.14. The molecule has 4 heteroatoms. The molecule has 2 aromatic rings. The molecule has 0 N–H and O–H groups in total. The van der Waals surface area contributed by atoms with Gasteiger partial charge < -0.3 is 9.47 Å². The molecule has 0 aromatic heterocycles. The van der Waals surface area contributed by atoms with Crippen LogP contribution in [-0.4, -0.2) is 25.5 Å². The summed E-state index contributed by atoms with van der Waals surface area (Å²) in [5, 5.41) is 0. The van der Waals surface area contributed by atoms with Crippen LogP contribution in [0.3, 0.4) is 0 Å². The number of ether oxygens (including phenoxy) is 2. The molecule has 2 rings (SSSR count). The molecule has 0 aliphatic rings. The van der Waals surface area contributed by atoms with Crippen LogP contribution >= 0.6 is 0 Å². The molecule has 0 saturated heterocycles. The maximum absolute atomic E-state index is 12.5. The Kier molecular flexibility index (Phi) is 5.39. The van der Waals surface area contributed by atoms with Crippen LogP contribution in [-0.2, 0) is 4.74 Å². The van der Waals surface area contributed by atoms with Gasteiger partial charge in [-0.15, -0.1) is 0 Å². The first-order valence-electron chi connectivity index (χ1n) is 7.77. The highest BCUT2D eigenvalue weighted by atomic mass is 16.5. The van der Waals surface area contributed by atoms with Crippen LogP contribution in [0, 0.1) is 27.7 Å². The molecule has 0 unspecified atom stereocenters. The standard InChI is InChI=1S/C20H22O4/c1-12-10-13(2)19(15(4)14(12)3)17(21)11-24-20(22)16-8-6-7-9-18(16)23-5/h6-10H,11H2,1-5H3. The van der Waals surface area contributed by atoms with Crippen molar-refractivity contribution in [3.05, 3.63) is 63.7 Å². The van der Waals surface area contributed by atoms with E-state index in [9.17, 15) is 9.59 Å². The van der Waals surface area contributed by atoms with Crippen molar-refractivity contribution in [3.8, 4) is 5.75 Å². The number of aryl methyl sites for hydroxylation is 2. The van der Waals surface area contributed by atoms with Crippen molar-refractivity contribution in [2.45, 2.75) is 27.7 Å². The van der Waals surface area contributed by atoms with Gasteiger partial charge in [-0.05, 0) is 62.1 Å². The first kappa shape index (κ1) is 17.7. The van der Waals surface area contributed by atoms with Crippen molar-refractivity contribution < 1.29 is 19.1 Å². The lowest BCUT2D eigenvalue weighted by atomic mass is 9.92. The van der Waals surface area contributed by atoms with Gasteiger partial charge in [0.05, 0.1) is 7.11 Å². The molecule has 0 fully saturated rings. The molecule has 126 valence electrons. The van der Waals surface area contributed by atoms with Crippen LogP contribution in [0.15, 0.2) is 30.3 Å². The Balaban J connectivity index is 2.17. The highest BCUT2D eigenvalue weighted by Crippen LogP contribution is 2.23. The lowest BCUT2D eigenvalue weighted by Crippen LogP contribution is -2.17. The molecule has 0 aliphatic carbocycles. The number of rotatable bonds is 5. The van der Waals surface area contributed by atoms with E-state index in [0.717, 1.165) is 22.3 Å². The van der Waals surface area contributed by atoms with Gasteiger partial charge in [-0.2, -0.15) is 0 Å². The normalized spacial score (nSPS) is 10.4. The summed E-state index contributed by atoms with van der Waals surface area (Å²) in [7, 11) is 1.49. The van der Waals surface area contributed by atoms with Crippen LogP contribution in [0.2, 0.25) is 0 Å². The number of carbonyl (C=O) groups is 2. The largest absolute Gasteiger partial charge is 0.496 e. The fourth-order valence-electron chi connectivity index (χ4n) is 2.81. The van der Waals surface area contributed by atoms with Gasteiger partial charge in [-0.1, -0.05) is 18.2 Å². The van der Waals surface area contributed by atoms with Crippen LogP contribution in [0.4, 0.5) is 0 Å². The molecule has 0 saturated carbocycles. The minimum atomic E-state index is -0.570. The average molecular weight is 326 g/mol. The Hall–Kier alpha value is -2.62. The van der Waals surface area contributed by atoms with E-state index in [1.165, 1.54) is 7.11 Å². The van der Waals surface area contributed by atoms with E-state index in [2.05, 4.69) is 0 Å². The second-order valence-electron chi connectivity index (χ2n) is 5.83. The average Bonchev–Trinajstić information content (AvgIpc) is 2.57. The molecule has 0 bridgehead atoms. The number of benzene rings is 2. The molecule has 2 aromatic carbocycles. The SMILES string of the molecule is COc1ccccc1C(=O)OCC(=O)c1c(C)cc(C)c(C)c1C. The van der Waals surface area contributed by atoms with E-state index in [0.29, 0.717) is 16.9 Å². The van der Waals surface area contributed by atoms with Gasteiger partial charge >= 0.3 is 5.97 Å². The van der Waals surface area contributed by atoms with Gasteiger partial charge in [0.2, 0.25) is 5.78 Å². The Bertz CT molecular complexity index is 790. The third kappa shape index (κ3) is 3.48. The minimum absolute atomic E-state index is 0.198. The van der Waals surface area contributed by atoms with Gasteiger partial charge in [0, 0.05) is 5.56 Å². The zero-order chi connectivity index (χ0) is 17.9. The Morgan fingerprint density at radius 1 is 0.958 bits per heavy atom. The van der Waals surface area contributed by atoms with Crippen molar-refractivity contribution in [1.82, 2.24) is 0 Å². The fourth-order valence-corrected chi connectivity index (χ4v) is 2.81. The van der Waals surface area contributed by atoms with E-state index >= 15 is 0 Å². The second-order valence-corrected chi connectivity index (χ2v) is 5.83. The number of para-hydroxylation sites is 1. The first-order chi connectivity index (χ1) is 11.4. The van der Waals surface area contributed by atoms with Crippen molar-refractivity contribution >= 4 is 11.8 Å². The third-order valence-corrected chi connectivity index (χ3v) is 4.30. The highest BCUT2D eigenvalue weighted by Gasteiger charge is 2.19. The summed E-state index contributed by atoms with van der Waals surface area (Å²) in [5.74, 6) is -0.343. The van der Waals surface area contributed by atoms with E-state index in [-0.39, 0.29) is 12.4 Å². The van der Waals surface area contributed by atoms with E-state index in [1.54, 1.807) is 24.3 Å². The maximum atomic E-state index is 12.5. The predicted octanol–water partition coefficient (Wildman–Crippen LogP) is 3.97. The number of hydrogen-bond donors (Lipinski definition) is 0. The molecule has 0 amide bonds. The summed E-state index contributed by atoms with van der Waals surface area (Å²) in [6, 6.07) is 8.76. The number of hydrogen-bond acceptors (Lipinski definition) is 4. The van der Waals surface area contributed by atoms with E-state index in [1.807, 2.05) is 33.8 Å². The quantitative estimate of drug-likeness (QED) is 0.616. The predicted molar refractivity (Wildman–Crippen MR) is 93.0 cm³/mol. The minimum Gasteiger partial charge on any atom is -0.496 e. The summed E-state index contributed by atoms with van der Waals surface area (Å²) in [6.45, 7) is 7.54. The molecule has 24 heavy (non-hydrogen) atoms. The monoisotopic (exact) mass is 326 g/mol. The Morgan fingerprint density at radius 3 is 2.29 bits per heavy atom. The zero-order valence-corrected chi connectivity index (χ0v) is 14.7. The topological polar surface area (TPSA) is 52.6 Å². The third-order valence-electron chi connectivity index (χ3n) is 4.30.